The summed E-state index contributed by atoms with van der Waals surface area (Å²) >= 11 is 0. The maximum atomic E-state index is 11.7. The van der Waals surface area contributed by atoms with Crippen LogP contribution in [0.4, 0.5) is 0 Å². The molecule has 0 aliphatic heterocycles. The van der Waals surface area contributed by atoms with Crippen LogP contribution in [-0.4, -0.2) is 70.6 Å². The van der Waals surface area contributed by atoms with E-state index in [0.29, 0.717) is 56.6 Å². The third-order valence-electron chi connectivity index (χ3n) is 8.56. The number of aromatic amines is 2. The van der Waals surface area contributed by atoms with E-state index >= 15 is 0 Å². The number of carboxylic acids is 2. The Hall–Kier alpha value is -7.26. The van der Waals surface area contributed by atoms with Gasteiger partial charge >= 0.3 is 11.9 Å². The minimum atomic E-state index is -0.942. The SMILES string of the molecule is COc1ccc(-c2nc3ccccn3c2CC(=O)O)c2ccc(=O)[nH]c12.COc1ccc(-c2nc3ccccn3c2CC(=O)O)c2ccc(=O)[nH]c12.O. The van der Waals surface area contributed by atoms with Crippen molar-refractivity contribution in [3.05, 3.63) is 129 Å². The molecule has 0 atom stereocenters. The second-order valence-corrected chi connectivity index (χ2v) is 11.7. The van der Waals surface area contributed by atoms with Gasteiger partial charge in [-0.25, -0.2) is 9.97 Å². The number of methoxy groups -OCH3 is 2. The lowest BCUT2D eigenvalue weighted by molar-refractivity contribution is -0.137. The summed E-state index contributed by atoms with van der Waals surface area (Å²) in [4.78, 5) is 61.1. The normalized spacial score (nSPS) is 10.9. The predicted octanol–water partition coefficient (Wildman–Crippen LogP) is 4.13. The molecule has 0 bridgehead atoms. The second kappa shape index (κ2) is 14.5. The van der Waals surface area contributed by atoms with Gasteiger partial charge in [0.1, 0.15) is 22.8 Å². The van der Waals surface area contributed by atoms with Gasteiger partial charge in [-0.2, -0.15) is 0 Å². The molecule has 0 spiro atoms. The van der Waals surface area contributed by atoms with E-state index in [1.54, 1.807) is 45.5 Å². The van der Waals surface area contributed by atoms with Crippen molar-refractivity contribution in [3.8, 4) is 34.0 Å². The number of carbonyl (C=O) groups is 2. The molecule has 8 rings (SSSR count). The summed E-state index contributed by atoms with van der Waals surface area (Å²) in [6, 6.07) is 24.4. The lowest BCUT2D eigenvalue weighted by Crippen LogP contribution is -2.06. The van der Waals surface area contributed by atoms with E-state index in [-0.39, 0.29) is 29.4 Å². The van der Waals surface area contributed by atoms with Crippen LogP contribution < -0.4 is 20.6 Å². The van der Waals surface area contributed by atoms with Crippen molar-refractivity contribution in [2.75, 3.05) is 14.2 Å². The van der Waals surface area contributed by atoms with Crippen LogP contribution in [0.25, 0.3) is 55.6 Å². The molecule has 53 heavy (non-hydrogen) atoms. The summed E-state index contributed by atoms with van der Waals surface area (Å²) in [5.41, 5.74) is 5.69. The number of fused-ring (bicyclic) bond motifs is 4. The Balaban J connectivity index is 0.000000178. The number of hydrogen-bond donors (Lipinski definition) is 4. The number of H-pyrrole nitrogens is 2. The maximum Gasteiger partial charge on any atom is 0.309 e. The monoisotopic (exact) mass is 716 g/mol. The molecule has 6 aromatic heterocycles. The molecule has 0 unspecified atom stereocenters. The van der Waals surface area contributed by atoms with Gasteiger partial charge in [-0.15, -0.1) is 0 Å². The standard InChI is InChI=1S/2C19H15N3O4.H2O/c2*1-26-14-7-5-11(12-6-8-16(23)21-19(12)14)18-13(10-17(24)25)22-9-3-2-4-15(22)20-18;/h2*2-9H,10H2,1H3,(H,21,23)(H,24,25);1H2. The first-order valence-corrected chi connectivity index (χ1v) is 15.9. The number of ether oxygens (including phenoxy) is 2. The van der Waals surface area contributed by atoms with Crippen molar-refractivity contribution in [1.82, 2.24) is 28.7 Å². The fourth-order valence-corrected chi connectivity index (χ4v) is 6.35. The van der Waals surface area contributed by atoms with Crippen molar-refractivity contribution in [2.24, 2.45) is 0 Å². The summed E-state index contributed by atoms with van der Waals surface area (Å²) in [7, 11) is 3.06. The van der Waals surface area contributed by atoms with Crippen LogP contribution in [0.3, 0.4) is 0 Å². The Morgan fingerprint density at radius 3 is 1.42 bits per heavy atom. The molecule has 0 aliphatic carbocycles. The molecular formula is C38H32N6O9. The fourth-order valence-electron chi connectivity index (χ4n) is 6.35. The van der Waals surface area contributed by atoms with Crippen LogP contribution >= 0.6 is 0 Å². The van der Waals surface area contributed by atoms with E-state index in [0.717, 1.165) is 21.9 Å². The Labute approximate surface area is 298 Å². The van der Waals surface area contributed by atoms with Crippen LogP contribution in [0.1, 0.15) is 11.4 Å². The zero-order chi connectivity index (χ0) is 36.5. The number of pyridine rings is 4. The van der Waals surface area contributed by atoms with Crippen LogP contribution in [-0.2, 0) is 22.4 Å². The van der Waals surface area contributed by atoms with Gasteiger partial charge in [-0.3, -0.25) is 19.2 Å². The molecule has 0 amide bonds. The second-order valence-electron chi connectivity index (χ2n) is 11.7. The number of aromatic nitrogens is 6. The van der Waals surface area contributed by atoms with Crippen LogP contribution in [0.5, 0.6) is 11.5 Å². The molecule has 6 N–H and O–H groups in total. The molecule has 6 heterocycles. The van der Waals surface area contributed by atoms with Crippen molar-refractivity contribution in [3.63, 3.8) is 0 Å². The Morgan fingerprint density at radius 1 is 0.623 bits per heavy atom. The third-order valence-corrected chi connectivity index (χ3v) is 8.56. The molecule has 0 radical (unpaired) electrons. The quantitative estimate of drug-likeness (QED) is 0.176. The first-order chi connectivity index (χ1) is 25.2. The highest BCUT2D eigenvalue weighted by Crippen LogP contribution is 2.36. The number of rotatable bonds is 8. The van der Waals surface area contributed by atoms with Gasteiger partial charge < -0.3 is 43.9 Å². The van der Waals surface area contributed by atoms with Gasteiger partial charge in [0.15, 0.2) is 0 Å². The average Bonchev–Trinajstić information content (AvgIpc) is 3.68. The van der Waals surface area contributed by atoms with E-state index in [2.05, 4.69) is 19.9 Å². The highest BCUT2D eigenvalue weighted by atomic mass is 16.5. The first kappa shape index (κ1) is 35.6. The van der Waals surface area contributed by atoms with Crippen LogP contribution in [0.2, 0.25) is 0 Å². The number of nitrogens with zero attached hydrogens (tertiary/aromatic N) is 4. The van der Waals surface area contributed by atoms with E-state index < -0.39 is 11.9 Å². The van der Waals surface area contributed by atoms with Gasteiger partial charge in [0.05, 0.1) is 60.9 Å². The Kier molecular flexibility index (Phi) is 9.75. The maximum absolute atomic E-state index is 11.7. The summed E-state index contributed by atoms with van der Waals surface area (Å²) in [5, 5.41) is 20.1. The van der Waals surface area contributed by atoms with Crippen molar-refractivity contribution in [1.29, 1.82) is 0 Å². The average molecular weight is 717 g/mol. The molecule has 268 valence electrons. The third kappa shape index (κ3) is 6.66. The van der Waals surface area contributed by atoms with E-state index in [1.807, 2.05) is 48.5 Å². The molecule has 0 aliphatic rings. The largest absolute Gasteiger partial charge is 0.495 e. The number of benzene rings is 2. The molecule has 15 heteroatoms. The van der Waals surface area contributed by atoms with Gasteiger partial charge in [-0.1, -0.05) is 12.1 Å². The molecule has 15 nitrogen and oxygen atoms in total. The van der Waals surface area contributed by atoms with Gasteiger partial charge in [-0.05, 0) is 60.7 Å². The predicted molar refractivity (Wildman–Crippen MR) is 197 cm³/mol. The van der Waals surface area contributed by atoms with Crippen molar-refractivity contribution in [2.45, 2.75) is 12.8 Å². The number of carboxylic acid groups (broad SMARTS) is 2. The fraction of sp³-hybridized carbons (Fsp3) is 0.105. The smallest absolute Gasteiger partial charge is 0.309 e. The molecular weight excluding hydrogens is 684 g/mol. The van der Waals surface area contributed by atoms with Crippen LogP contribution in [0.15, 0.2) is 107 Å². The Bertz CT molecular complexity index is 2610. The van der Waals surface area contributed by atoms with Gasteiger partial charge in [0.2, 0.25) is 11.1 Å². The Morgan fingerprint density at radius 2 is 1.04 bits per heavy atom. The minimum absolute atomic E-state index is 0. The number of imidazole rings is 2. The lowest BCUT2D eigenvalue weighted by Gasteiger charge is -2.10. The highest BCUT2D eigenvalue weighted by Gasteiger charge is 2.21. The van der Waals surface area contributed by atoms with Gasteiger partial charge in [0, 0.05) is 46.4 Å². The summed E-state index contributed by atoms with van der Waals surface area (Å²) in [6.45, 7) is 0. The molecule has 0 fully saturated rings. The zero-order valence-corrected chi connectivity index (χ0v) is 28.3. The summed E-state index contributed by atoms with van der Waals surface area (Å²) in [6.07, 6.45) is 3.24. The summed E-state index contributed by atoms with van der Waals surface area (Å²) in [5.74, 6) is -0.818. The minimum Gasteiger partial charge on any atom is -0.495 e. The van der Waals surface area contributed by atoms with E-state index in [1.165, 1.54) is 26.4 Å². The lowest BCUT2D eigenvalue weighted by atomic mass is 10.0. The molecule has 8 aromatic rings. The molecule has 0 saturated carbocycles. The van der Waals surface area contributed by atoms with Crippen molar-refractivity contribution < 1.29 is 34.8 Å². The first-order valence-electron chi connectivity index (χ1n) is 15.9. The van der Waals surface area contributed by atoms with Crippen molar-refractivity contribution >= 4 is 45.0 Å². The number of hydrogen-bond acceptors (Lipinski definition) is 8. The van der Waals surface area contributed by atoms with Gasteiger partial charge in [0.25, 0.3) is 0 Å². The van der Waals surface area contributed by atoms with E-state index in [4.69, 9.17) is 9.47 Å². The number of nitrogens with one attached hydrogen (secondary N) is 2. The molecule has 2 aromatic carbocycles. The highest BCUT2D eigenvalue weighted by molar-refractivity contribution is 5.99. The topological polar surface area (TPSA) is 225 Å². The molecule has 0 saturated heterocycles. The summed E-state index contributed by atoms with van der Waals surface area (Å²) < 4.78 is 14.2. The zero-order valence-electron chi connectivity index (χ0n) is 28.3. The number of aliphatic carboxylic acids is 2. The van der Waals surface area contributed by atoms with Crippen LogP contribution in [0, 0.1) is 0 Å². The van der Waals surface area contributed by atoms with E-state index in [9.17, 15) is 29.4 Å².